The second kappa shape index (κ2) is 9.38. The number of nitrogens with one attached hydrogen (secondary N) is 2. The number of nitrogens with zero attached hydrogens (tertiary/aromatic N) is 1. The van der Waals surface area contributed by atoms with E-state index in [0.29, 0.717) is 22.7 Å². The van der Waals surface area contributed by atoms with E-state index < -0.39 is 53.0 Å². The Labute approximate surface area is 197 Å². The van der Waals surface area contributed by atoms with Crippen LogP contribution in [0, 0.1) is 17.5 Å². The summed E-state index contributed by atoms with van der Waals surface area (Å²) in [6.07, 6.45) is 0.216. The first-order valence-corrected chi connectivity index (χ1v) is 10.4. The average molecular weight is 496 g/mol. The van der Waals surface area contributed by atoms with Gasteiger partial charge in [0.1, 0.15) is 17.6 Å². The minimum absolute atomic E-state index is 0.0731. The Bertz CT molecular complexity index is 1290. The Balaban J connectivity index is 2.23. The number of halogens is 4. The van der Waals surface area contributed by atoms with Gasteiger partial charge in [0.2, 0.25) is 12.3 Å². The molecule has 3 aromatic rings. The zero-order valence-corrected chi connectivity index (χ0v) is 19.1. The highest BCUT2D eigenvalue weighted by molar-refractivity contribution is 6.31. The standard InChI is InChI=1S/C23H21ClF3N3O4/c1-23(2,3)29-21(32)20(30(10-31)9-11-6-15(26)16(27)8-14(11)25)18-13-5-4-12(24)7-17(13)28-19(18)22(33)34/h4-8,10,20,28H,9H2,1-3H3,(H,29,32)(H,33,34). The van der Waals surface area contributed by atoms with E-state index in [0.717, 1.165) is 4.90 Å². The van der Waals surface area contributed by atoms with Gasteiger partial charge in [-0.1, -0.05) is 17.7 Å². The number of H-pyrrole nitrogens is 1. The molecule has 0 spiro atoms. The quantitative estimate of drug-likeness (QED) is 0.330. The van der Waals surface area contributed by atoms with Crippen LogP contribution >= 0.6 is 11.6 Å². The highest BCUT2D eigenvalue weighted by Crippen LogP contribution is 2.34. The van der Waals surface area contributed by atoms with Crippen molar-refractivity contribution in [2.24, 2.45) is 0 Å². The summed E-state index contributed by atoms with van der Waals surface area (Å²) in [6.45, 7) is 4.38. The Morgan fingerprint density at radius 1 is 1.15 bits per heavy atom. The maximum absolute atomic E-state index is 14.3. The van der Waals surface area contributed by atoms with Gasteiger partial charge < -0.3 is 20.3 Å². The molecular formula is C23H21ClF3N3O4. The minimum Gasteiger partial charge on any atom is -0.477 e. The molecule has 0 bridgehead atoms. The molecule has 0 saturated carbocycles. The zero-order chi connectivity index (χ0) is 25.4. The van der Waals surface area contributed by atoms with E-state index in [4.69, 9.17) is 11.6 Å². The van der Waals surface area contributed by atoms with Gasteiger partial charge in [0, 0.05) is 45.2 Å². The van der Waals surface area contributed by atoms with E-state index in [1.54, 1.807) is 20.8 Å². The number of rotatable bonds is 7. The van der Waals surface area contributed by atoms with Crippen molar-refractivity contribution in [1.29, 1.82) is 0 Å². The fraction of sp³-hybridized carbons (Fsp3) is 0.261. The first-order chi connectivity index (χ1) is 15.8. The highest BCUT2D eigenvalue weighted by atomic mass is 35.5. The number of benzene rings is 2. The lowest BCUT2D eigenvalue weighted by molar-refractivity contribution is -0.134. The summed E-state index contributed by atoms with van der Waals surface area (Å²) in [6, 6.07) is 3.75. The van der Waals surface area contributed by atoms with Gasteiger partial charge in [-0.05, 0) is 39.0 Å². The number of carbonyl (C=O) groups is 3. The maximum Gasteiger partial charge on any atom is 0.352 e. The summed E-state index contributed by atoms with van der Waals surface area (Å²) in [7, 11) is 0. The topological polar surface area (TPSA) is 102 Å². The fourth-order valence-electron chi connectivity index (χ4n) is 3.60. The number of carbonyl (C=O) groups excluding carboxylic acids is 2. The number of aromatic carboxylic acids is 1. The van der Waals surface area contributed by atoms with Gasteiger partial charge in [-0.15, -0.1) is 0 Å². The molecule has 0 fully saturated rings. The van der Waals surface area contributed by atoms with E-state index in [9.17, 15) is 32.7 Å². The van der Waals surface area contributed by atoms with Crippen molar-refractivity contribution in [1.82, 2.24) is 15.2 Å². The molecular weight excluding hydrogens is 475 g/mol. The first-order valence-electron chi connectivity index (χ1n) is 10.0. The normalized spacial score (nSPS) is 12.4. The van der Waals surface area contributed by atoms with Crippen molar-refractivity contribution < 1.29 is 32.7 Å². The number of hydrogen-bond acceptors (Lipinski definition) is 3. The summed E-state index contributed by atoms with van der Waals surface area (Å²) >= 11 is 6.01. The third kappa shape index (κ3) is 5.17. The van der Waals surface area contributed by atoms with Gasteiger partial charge in [-0.25, -0.2) is 18.0 Å². The summed E-state index contributed by atoms with van der Waals surface area (Å²) in [5.41, 5.74) is -1.35. The van der Waals surface area contributed by atoms with Crippen LogP contribution in [0.2, 0.25) is 5.02 Å². The average Bonchev–Trinajstić information content (AvgIpc) is 3.08. The molecule has 7 nitrogen and oxygen atoms in total. The Morgan fingerprint density at radius 3 is 2.38 bits per heavy atom. The molecule has 0 saturated heterocycles. The van der Waals surface area contributed by atoms with E-state index in [1.807, 2.05) is 0 Å². The fourth-order valence-corrected chi connectivity index (χ4v) is 3.77. The molecule has 3 rings (SSSR count). The van der Waals surface area contributed by atoms with Crippen LogP contribution < -0.4 is 5.32 Å². The second-order valence-electron chi connectivity index (χ2n) is 8.69. The molecule has 2 aromatic carbocycles. The van der Waals surface area contributed by atoms with E-state index in [2.05, 4.69) is 10.3 Å². The van der Waals surface area contributed by atoms with Crippen LogP contribution in [0.3, 0.4) is 0 Å². The van der Waals surface area contributed by atoms with Crippen LogP contribution in [0.5, 0.6) is 0 Å². The van der Waals surface area contributed by atoms with Gasteiger partial charge >= 0.3 is 5.97 Å². The molecule has 1 atom stereocenters. The molecule has 0 radical (unpaired) electrons. The predicted molar refractivity (Wildman–Crippen MR) is 119 cm³/mol. The summed E-state index contributed by atoms with van der Waals surface area (Å²) in [5, 5.41) is 13.1. The number of hydrogen-bond donors (Lipinski definition) is 3. The molecule has 1 heterocycles. The van der Waals surface area contributed by atoms with Gasteiger partial charge in [-0.2, -0.15) is 0 Å². The van der Waals surface area contributed by atoms with Crippen LogP contribution in [0.4, 0.5) is 13.2 Å². The lowest BCUT2D eigenvalue weighted by Crippen LogP contribution is -2.47. The summed E-state index contributed by atoms with van der Waals surface area (Å²) < 4.78 is 41.5. The molecule has 0 aliphatic heterocycles. The smallest absolute Gasteiger partial charge is 0.352 e. The Kier molecular flexibility index (Phi) is 6.92. The van der Waals surface area contributed by atoms with Crippen LogP contribution in [0.1, 0.15) is 48.4 Å². The molecule has 0 aliphatic carbocycles. The van der Waals surface area contributed by atoms with Crippen LogP contribution in [-0.2, 0) is 16.1 Å². The zero-order valence-electron chi connectivity index (χ0n) is 18.4. The summed E-state index contributed by atoms with van der Waals surface area (Å²) in [4.78, 5) is 41.0. The molecule has 0 aliphatic rings. The van der Waals surface area contributed by atoms with Gasteiger partial charge in [0.15, 0.2) is 11.6 Å². The number of aromatic nitrogens is 1. The molecule has 2 amide bonds. The first kappa shape index (κ1) is 25.1. The predicted octanol–water partition coefficient (Wildman–Crippen LogP) is 4.55. The molecule has 34 heavy (non-hydrogen) atoms. The van der Waals surface area contributed by atoms with Crippen molar-refractivity contribution >= 4 is 40.8 Å². The van der Waals surface area contributed by atoms with Crippen molar-refractivity contribution in [2.45, 2.75) is 38.9 Å². The largest absolute Gasteiger partial charge is 0.477 e. The minimum atomic E-state index is -1.56. The van der Waals surface area contributed by atoms with Crippen molar-refractivity contribution in [3.8, 4) is 0 Å². The molecule has 180 valence electrons. The third-order valence-electron chi connectivity index (χ3n) is 4.94. The molecule has 1 aromatic heterocycles. The number of aromatic amines is 1. The molecule has 3 N–H and O–H groups in total. The number of carboxylic acids is 1. The molecule has 11 heteroatoms. The summed E-state index contributed by atoms with van der Waals surface area (Å²) in [5.74, 6) is -6.07. The maximum atomic E-state index is 14.3. The lowest BCUT2D eigenvalue weighted by Gasteiger charge is -2.31. The highest BCUT2D eigenvalue weighted by Gasteiger charge is 2.36. The number of amides is 2. The lowest BCUT2D eigenvalue weighted by atomic mass is 9.98. The van der Waals surface area contributed by atoms with Crippen LogP contribution in [0.15, 0.2) is 30.3 Å². The van der Waals surface area contributed by atoms with Crippen molar-refractivity contribution in [3.05, 3.63) is 69.6 Å². The van der Waals surface area contributed by atoms with Crippen molar-refractivity contribution in [2.75, 3.05) is 0 Å². The Hall–Kier alpha value is -3.53. The van der Waals surface area contributed by atoms with Crippen LogP contribution in [-0.4, -0.2) is 38.8 Å². The van der Waals surface area contributed by atoms with Crippen molar-refractivity contribution in [3.63, 3.8) is 0 Å². The van der Waals surface area contributed by atoms with E-state index in [1.165, 1.54) is 18.2 Å². The van der Waals surface area contributed by atoms with Gasteiger partial charge in [0.25, 0.3) is 0 Å². The van der Waals surface area contributed by atoms with E-state index in [-0.39, 0.29) is 23.1 Å². The van der Waals surface area contributed by atoms with E-state index >= 15 is 0 Å². The molecule has 1 unspecified atom stereocenters. The number of carboxylic acid groups (broad SMARTS) is 1. The Morgan fingerprint density at radius 2 is 1.79 bits per heavy atom. The van der Waals surface area contributed by atoms with Gasteiger partial charge in [0.05, 0.1) is 0 Å². The second-order valence-corrected chi connectivity index (χ2v) is 9.12. The SMILES string of the molecule is CC(C)(C)NC(=O)C(c1c(C(=O)O)[nH]c2cc(Cl)ccc12)N(C=O)Cc1cc(F)c(F)cc1F. The monoisotopic (exact) mass is 495 g/mol. The van der Waals surface area contributed by atoms with Gasteiger partial charge in [-0.3, -0.25) is 9.59 Å². The van der Waals surface area contributed by atoms with Crippen LogP contribution in [0.25, 0.3) is 10.9 Å². The number of fused-ring (bicyclic) bond motifs is 1. The third-order valence-corrected chi connectivity index (χ3v) is 5.18.